The van der Waals surface area contributed by atoms with E-state index in [4.69, 9.17) is 0 Å². The van der Waals surface area contributed by atoms with Gasteiger partial charge in [-0.15, -0.1) is 0 Å². The van der Waals surface area contributed by atoms with E-state index in [0.29, 0.717) is 11.1 Å². The van der Waals surface area contributed by atoms with E-state index >= 15 is 0 Å². The molecule has 0 aromatic heterocycles. The van der Waals surface area contributed by atoms with Gasteiger partial charge in [0, 0.05) is 11.1 Å². The first-order valence-electron chi connectivity index (χ1n) is 6.32. The van der Waals surface area contributed by atoms with Crippen LogP contribution in [0.4, 0.5) is 0 Å². The average molecular weight is 234 g/mol. The van der Waals surface area contributed by atoms with Gasteiger partial charge in [-0.25, -0.2) is 0 Å². The van der Waals surface area contributed by atoms with Gasteiger partial charge in [0.2, 0.25) is 11.6 Å². The molecule has 0 N–H and O–H groups in total. The number of rotatable bonds is 3. The molecule has 0 atom stereocenters. The van der Waals surface area contributed by atoms with Crippen molar-refractivity contribution in [2.45, 2.75) is 41.5 Å². The number of ketones is 2. The molecule has 17 heavy (non-hydrogen) atoms. The topological polar surface area (TPSA) is 34.1 Å². The van der Waals surface area contributed by atoms with Gasteiger partial charge in [0.15, 0.2) is 0 Å². The first-order chi connectivity index (χ1) is 7.77. The average Bonchev–Trinajstić information content (AvgIpc) is 2.19. The summed E-state index contributed by atoms with van der Waals surface area (Å²) in [6, 6.07) is 0. The van der Waals surface area contributed by atoms with Crippen molar-refractivity contribution in [1.82, 2.24) is 0 Å². The largest absolute Gasteiger partial charge is 0.285 e. The van der Waals surface area contributed by atoms with Gasteiger partial charge in [-0.1, -0.05) is 47.6 Å². The zero-order chi connectivity index (χ0) is 13.3. The summed E-state index contributed by atoms with van der Waals surface area (Å²) in [5.74, 6) is -0.121. The highest BCUT2D eigenvalue weighted by Crippen LogP contribution is 2.31. The fourth-order valence-electron chi connectivity index (χ4n) is 2.20. The Bertz CT molecular complexity index is 407. The predicted molar refractivity (Wildman–Crippen MR) is 69.6 cm³/mol. The van der Waals surface area contributed by atoms with Gasteiger partial charge in [-0.2, -0.15) is 0 Å². The van der Waals surface area contributed by atoms with Crippen molar-refractivity contribution in [1.29, 1.82) is 0 Å². The molecule has 0 saturated carbocycles. The van der Waals surface area contributed by atoms with Crippen molar-refractivity contribution in [2.24, 2.45) is 17.8 Å². The second-order valence-corrected chi connectivity index (χ2v) is 5.59. The molecule has 0 aromatic rings. The van der Waals surface area contributed by atoms with E-state index in [1.807, 2.05) is 33.8 Å². The number of hydrogen-bond donors (Lipinski definition) is 0. The van der Waals surface area contributed by atoms with E-state index in [9.17, 15) is 9.59 Å². The highest BCUT2D eigenvalue weighted by Gasteiger charge is 2.32. The Morgan fingerprint density at radius 3 is 1.65 bits per heavy atom. The van der Waals surface area contributed by atoms with E-state index in [-0.39, 0.29) is 29.3 Å². The molecular weight excluding hydrogens is 212 g/mol. The molecule has 1 rings (SSSR count). The van der Waals surface area contributed by atoms with Crippen LogP contribution in [-0.2, 0) is 9.59 Å². The van der Waals surface area contributed by atoms with Crippen molar-refractivity contribution in [3.05, 3.63) is 22.8 Å². The lowest BCUT2D eigenvalue weighted by Crippen LogP contribution is -2.29. The standard InChI is InChI=1S/C15H22O2/c1-8(2)11-7-12(9(3)4)14(16)15(17)13(11)10(5)6/h7-10H,1-6H3. The SMILES string of the molecule is CC(C)C1=CC(C(C)C)=C(C(C)C)C(=O)C1=O. The van der Waals surface area contributed by atoms with Crippen LogP contribution in [0.5, 0.6) is 0 Å². The number of carbonyl (C=O) groups is 2. The first kappa shape index (κ1) is 13.9. The van der Waals surface area contributed by atoms with Crippen LogP contribution in [-0.4, -0.2) is 11.6 Å². The van der Waals surface area contributed by atoms with Gasteiger partial charge in [-0.3, -0.25) is 9.59 Å². The van der Waals surface area contributed by atoms with Crippen LogP contribution < -0.4 is 0 Å². The van der Waals surface area contributed by atoms with E-state index in [1.54, 1.807) is 0 Å². The number of allylic oxidation sites excluding steroid dienone is 4. The predicted octanol–water partition coefficient (Wildman–Crippen LogP) is 3.33. The molecule has 0 fully saturated rings. The maximum Gasteiger partial charge on any atom is 0.229 e. The van der Waals surface area contributed by atoms with E-state index in [0.717, 1.165) is 5.57 Å². The van der Waals surface area contributed by atoms with Crippen LogP contribution in [0.3, 0.4) is 0 Å². The van der Waals surface area contributed by atoms with Crippen LogP contribution in [0.25, 0.3) is 0 Å². The zero-order valence-corrected chi connectivity index (χ0v) is 11.6. The highest BCUT2D eigenvalue weighted by molar-refractivity contribution is 6.50. The van der Waals surface area contributed by atoms with E-state index in [1.165, 1.54) is 0 Å². The van der Waals surface area contributed by atoms with Crippen LogP contribution in [0.2, 0.25) is 0 Å². The zero-order valence-electron chi connectivity index (χ0n) is 11.6. The van der Waals surface area contributed by atoms with Crippen molar-refractivity contribution in [3.63, 3.8) is 0 Å². The minimum atomic E-state index is -0.312. The number of carbonyl (C=O) groups excluding carboxylic acids is 2. The highest BCUT2D eigenvalue weighted by atomic mass is 16.2. The summed E-state index contributed by atoms with van der Waals surface area (Å²) in [4.78, 5) is 24.1. The normalized spacial score (nSPS) is 17.6. The molecule has 0 unspecified atom stereocenters. The summed E-state index contributed by atoms with van der Waals surface area (Å²) in [6.07, 6.45) is 1.94. The van der Waals surface area contributed by atoms with E-state index < -0.39 is 0 Å². The summed E-state index contributed by atoms with van der Waals surface area (Å²) in [6.45, 7) is 12.0. The fraction of sp³-hybridized carbons (Fsp3) is 0.600. The van der Waals surface area contributed by atoms with Crippen LogP contribution in [0.1, 0.15) is 41.5 Å². The molecule has 0 saturated heterocycles. The molecule has 0 spiro atoms. The molecule has 0 bridgehead atoms. The summed E-state index contributed by atoms with van der Waals surface area (Å²) in [5, 5.41) is 0. The monoisotopic (exact) mass is 234 g/mol. The Kier molecular flexibility index (Phi) is 4.07. The molecule has 0 radical (unpaired) electrons. The molecule has 2 heteroatoms. The lowest BCUT2D eigenvalue weighted by atomic mass is 9.78. The van der Waals surface area contributed by atoms with Gasteiger partial charge >= 0.3 is 0 Å². The lowest BCUT2D eigenvalue weighted by molar-refractivity contribution is -0.132. The van der Waals surface area contributed by atoms with Gasteiger partial charge in [-0.05, 0) is 23.3 Å². The molecule has 0 aromatic carbocycles. The Balaban J connectivity index is 3.42. The third kappa shape index (κ3) is 2.56. The van der Waals surface area contributed by atoms with Gasteiger partial charge in [0.05, 0.1) is 0 Å². The Labute approximate surface area is 104 Å². The molecule has 0 aliphatic heterocycles. The van der Waals surface area contributed by atoms with Gasteiger partial charge in [0.25, 0.3) is 0 Å². The molecule has 94 valence electrons. The molecular formula is C15H22O2. The summed E-state index contributed by atoms with van der Waals surface area (Å²) in [5.41, 5.74) is 2.39. The molecule has 2 nitrogen and oxygen atoms in total. The quantitative estimate of drug-likeness (QED) is 0.554. The van der Waals surface area contributed by atoms with Gasteiger partial charge in [0.1, 0.15) is 0 Å². The minimum absolute atomic E-state index is 0.105. The van der Waals surface area contributed by atoms with Crippen molar-refractivity contribution in [3.8, 4) is 0 Å². The third-order valence-corrected chi connectivity index (χ3v) is 3.16. The molecule has 0 amide bonds. The Hall–Kier alpha value is -1.18. The van der Waals surface area contributed by atoms with Crippen LogP contribution in [0, 0.1) is 17.8 Å². The Morgan fingerprint density at radius 2 is 1.29 bits per heavy atom. The molecule has 1 aliphatic carbocycles. The van der Waals surface area contributed by atoms with Gasteiger partial charge < -0.3 is 0 Å². The van der Waals surface area contributed by atoms with Crippen molar-refractivity contribution < 1.29 is 9.59 Å². The third-order valence-electron chi connectivity index (χ3n) is 3.16. The second kappa shape index (κ2) is 4.99. The van der Waals surface area contributed by atoms with Crippen molar-refractivity contribution in [2.75, 3.05) is 0 Å². The van der Waals surface area contributed by atoms with Crippen LogP contribution >= 0.6 is 0 Å². The first-order valence-corrected chi connectivity index (χ1v) is 6.32. The van der Waals surface area contributed by atoms with Crippen molar-refractivity contribution >= 4 is 11.6 Å². The summed E-state index contributed by atoms with van der Waals surface area (Å²) >= 11 is 0. The lowest BCUT2D eigenvalue weighted by Gasteiger charge is -2.24. The van der Waals surface area contributed by atoms with E-state index in [2.05, 4.69) is 13.8 Å². The number of hydrogen-bond acceptors (Lipinski definition) is 2. The minimum Gasteiger partial charge on any atom is -0.285 e. The fourth-order valence-corrected chi connectivity index (χ4v) is 2.20. The maximum atomic E-state index is 12.1. The second-order valence-electron chi connectivity index (χ2n) is 5.59. The Morgan fingerprint density at radius 1 is 0.765 bits per heavy atom. The summed E-state index contributed by atoms with van der Waals surface area (Å²) in [7, 11) is 0. The number of Topliss-reactive ketones (excluding diaryl/α,β-unsaturated/α-hetero) is 2. The smallest absolute Gasteiger partial charge is 0.229 e. The summed E-state index contributed by atoms with van der Waals surface area (Å²) < 4.78 is 0. The van der Waals surface area contributed by atoms with Crippen LogP contribution in [0.15, 0.2) is 22.8 Å². The molecule has 0 heterocycles. The maximum absolute atomic E-state index is 12.1. The molecule has 1 aliphatic rings.